The molecular weight excluding hydrogens is 215 g/mol. The van der Waals surface area contributed by atoms with Crippen LogP contribution in [0.4, 0.5) is 16.2 Å². The van der Waals surface area contributed by atoms with E-state index in [1.165, 1.54) is 4.90 Å². The Morgan fingerprint density at radius 1 is 1.44 bits per heavy atom. The summed E-state index contributed by atoms with van der Waals surface area (Å²) in [5.41, 5.74) is 0. The van der Waals surface area contributed by atoms with Crippen LogP contribution >= 0.6 is 0 Å². The topological polar surface area (TPSA) is 81.5 Å². The number of halogens is 1. The number of nitrogens with zero attached hydrogens (tertiary/aromatic N) is 3. The summed E-state index contributed by atoms with van der Waals surface area (Å²) in [7, 11) is 1.63. The molecule has 0 aliphatic carbocycles. The van der Waals surface area contributed by atoms with Crippen LogP contribution in [0.2, 0.25) is 0 Å². The van der Waals surface area contributed by atoms with Gasteiger partial charge < -0.3 is 20.4 Å². The van der Waals surface area contributed by atoms with Gasteiger partial charge in [-0.25, -0.2) is 9.37 Å². The fraction of sp³-hybridized carbons (Fsp3) is 0.556. The molecule has 7 heteroatoms. The van der Waals surface area contributed by atoms with Gasteiger partial charge in [0, 0.05) is 20.1 Å². The number of β-amino-alcohol motifs (C(OH)–C–C–N with tert-alkyl or cyclic N) is 2. The van der Waals surface area contributed by atoms with Crippen molar-refractivity contribution in [2.75, 3.05) is 30.4 Å². The number of anilines is 2. The average molecular weight is 228 g/mol. The maximum absolute atomic E-state index is 13.5. The Labute approximate surface area is 91.8 Å². The third-order valence-corrected chi connectivity index (χ3v) is 2.51. The first-order valence-electron chi connectivity index (χ1n) is 4.93. The van der Waals surface area contributed by atoms with E-state index < -0.39 is 18.0 Å². The molecule has 0 amide bonds. The molecule has 2 heterocycles. The van der Waals surface area contributed by atoms with Crippen molar-refractivity contribution in [1.82, 2.24) is 9.97 Å². The van der Waals surface area contributed by atoms with Crippen molar-refractivity contribution in [3.63, 3.8) is 0 Å². The lowest BCUT2D eigenvalue weighted by Gasteiger charge is -2.17. The molecule has 88 valence electrons. The molecule has 3 N–H and O–H groups in total. The van der Waals surface area contributed by atoms with Crippen molar-refractivity contribution < 1.29 is 14.6 Å². The van der Waals surface area contributed by atoms with Crippen LogP contribution in [0.3, 0.4) is 0 Å². The minimum Gasteiger partial charge on any atom is -0.389 e. The predicted octanol–water partition coefficient (Wildman–Crippen LogP) is -0.801. The van der Waals surface area contributed by atoms with Crippen molar-refractivity contribution in [2.24, 2.45) is 0 Å². The Morgan fingerprint density at radius 2 is 2.06 bits per heavy atom. The third-order valence-electron chi connectivity index (χ3n) is 2.51. The molecule has 16 heavy (non-hydrogen) atoms. The zero-order chi connectivity index (χ0) is 11.7. The molecule has 0 aromatic carbocycles. The molecule has 1 aromatic rings. The van der Waals surface area contributed by atoms with Gasteiger partial charge in [-0.05, 0) is 0 Å². The summed E-state index contributed by atoms with van der Waals surface area (Å²) in [5, 5.41) is 21.4. The molecule has 2 rings (SSSR count). The van der Waals surface area contributed by atoms with Gasteiger partial charge in [0.05, 0.1) is 18.4 Å². The second kappa shape index (κ2) is 4.18. The number of aliphatic hydroxyl groups is 2. The highest BCUT2D eigenvalue weighted by Crippen LogP contribution is 2.22. The molecule has 6 nitrogen and oxygen atoms in total. The summed E-state index contributed by atoms with van der Waals surface area (Å²) in [5.74, 6) is -0.178. The standard InChI is InChI=1S/C9H13FN4O2/c1-11-9-12-2-5(10)8(13-9)14-3-6(15)7(16)4-14/h2,6-7,15-16H,3-4H2,1H3,(H,11,12,13). The normalized spacial score (nSPS) is 24.9. The molecule has 0 spiro atoms. The SMILES string of the molecule is CNc1ncc(F)c(N2CC(O)C(O)C2)n1. The van der Waals surface area contributed by atoms with Gasteiger partial charge in [0.1, 0.15) is 0 Å². The molecule has 1 aliphatic heterocycles. The molecule has 2 unspecified atom stereocenters. The second-order valence-corrected chi connectivity index (χ2v) is 3.65. The first kappa shape index (κ1) is 11.0. The van der Waals surface area contributed by atoms with Gasteiger partial charge in [-0.3, -0.25) is 0 Å². The largest absolute Gasteiger partial charge is 0.389 e. The van der Waals surface area contributed by atoms with Crippen LogP contribution in [0, 0.1) is 5.82 Å². The summed E-state index contributed by atoms with van der Waals surface area (Å²) < 4.78 is 13.5. The Bertz CT molecular complexity index is 380. The number of hydrogen-bond acceptors (Lipinski definition) is 6. The van der Waals surface area contributed by atoms with Crippen molar-refractivity contribution in [1.29, 1.82) is 0 Å². The summed E-state index contributed by atoms with van der Waals surface area (Å²) in [4.78, 5) is 9.16. The predicted molar refractivity (Wildman–Crippen MR) is 55.8 cm³/mol. The lowest BCUT2D eigenvalue weighted by Crippen LogP contribution is -2.24. The Morgan fingerprint density at radius 3 is 2.62 bits per heavy atom. The van der Waals surface area contributed by atoms with Gasteiger partial charge in [0.2, 0.25) is 5.95 Å². The van der Waals surface area contributed by atoms with Crippen molar-refractivity contribution >= 4 is 11.8 Å². The number of hydrogen-bond donors (Lipinski definition) is 3. The minimum atomic E-state index is -0.868. The number of aromatic nitrogens is 2. The Hall–Kier alpha value is -1.47. The van der Waals surface area contributed by atoms with Crippen LogP contribution in [0.25, 0.3) is 0 Å². The van der Waals surface area contributed by atoms with Crippen molar-refractivity contribution in [2.45, 2.75) is 12.2 Å². The van der Waals surface area contributed by atoms with Gasteiger partial charge in [0.25, 0.3) is 0 Å². The van der Waals surface area contributed by atoms with Gasteiger partial charge in [-0.1, -0.05) is 0 Å². The first-order valence-corrected chi connectivity index (χ1v) is 4.93. The van der Waals surface area contributed by atoms with Gasteiger partial charge in [-0.15, -0.1) is 0 Å². The van der Waals surface area contributed by atoms with E-state index in [-0.39, 0.29) is 18.9 Å². The van der Waals surface area contributed by atoms with E-state index in [1.54, 1.807) is 7.05 Å². The van der Waals surface area contributed by atoms with Gasteiger partial charge >= 0.3 is 0 Å². The van der Waals surface area contributed by atoms with Crippen LogP contribution in [-0.2, 0) is 0 Å². The zero-order valence-electron chi connectivity index (χ0n) is 8.76. The lowest BCUT2D eigenvalue weighted by atomic mass is 10.3. The second-order valence-electron chi connectivity index (χ2n) is 3.65. The van der Waals surface area contributed by atoms with Crippen LogP contribution in [-0.4, -0.2) is 52.5 Å². The average Bonchev–Trinajstić information content (AvgIpc) is 2.60. The van der Waals surface area contributed by atoms with E-state index in [4.69, 9.17) is 0 Å². The molecule has 0 radical (unpaired) electrons. The summed E-state index contributed by atoms with van der Waals surface area (Å²) in [6, 6.07) is 0. The monoisotopic (exact) mass is 228 g/mol. The van der Waals surface area contributed by atoms with Crippen LogP contribution < -0.4 is 10.2 Å². The molecule has 1 fully saturated rings. The van der Waals surface area contributed by atoms with Crippen LogP contribution in [0.1, 0.15) is 0 Å². The maximum atomic E-state index is 13.5. The lowest BCUT2D eigenvalue weighted by molar-refractivity contribution is 0.0572. The fourth-order valence-electron chi connectivity index (χ4n) is 1.64. The maximum Gasteiger partial charge on any atom is 0.224 e. The van der Waals surface area contributed by atoms with E-state index in [0.29, 0.717) is 5.95 Å². The quantitative estimate of drug-likeness (QED) is 0.615. The zero-order valence-corrected chi connectivity index (χ0v) is 8.76. The molecule has 1 aromatic heterocycles. The highest BCUT2D eigenvalue weighted by Gasteiger charge is 2.31. The molecule has 1 aliphatic rings. The fourth-order valence-corrected chi connectivity index (χ4v) is 1.64. The van der Waals surface area contributed by atoms with E-state index in [0.717, 1.165) is 6.20 Å². The summed E-state index contributed by atoms with van der Waals surface area (Å²) in [6.45, 7) is 0.330. The highest BCUT2D eigenvalue weighted by atomic mass is 19.1. The molecular formula is C9H13FN4O2. The molecule has 2 atom stereocenters. The van der Waals surface area contributed by atoms with E-state index in [9.17, 15) is 14.6 Å². The molecule has 0 bridgehead atoms. The molecule has 1 saturated heterocycles. The smallest absolute Gasteiger partial charge is 0.224 e. The van der Waals surface area contributed by atoms with Crippen molar-refractivity contribution in [3.8, 4) is 0 Å². The number of aliphatic hydroxyl groups excluding tert-OH is 2. The summed E-state index contributed by atoms with van der Waals surface area (Å²) >= 11 is 0. The Kier molecular flexibility index (Phi) is 2.88. The van der Waals surface area contributed by atoms with Gasteiger partial charge in [0.15, 0.2) is 11.6 Å². The highest BCUT2D eigenvalue weighted by molar-refractivity contribution is 5.45. The first-order chi connectivity index (χ1) is 7.61. The van der Waals surface area contributed by atoms with Crippen LogP contribution in [0.15, 0.2) is 6.20 Å². The third kappa shape index (κ3) is 1.91. The van der Waals surface area contributed by atoms with E-state index >= 15 is 0 Å². The summed E-state index contributed by atoms with van der Waals surface area (Å²) in [6.07, 6.45) is -0.676. The minimum absolute atomic E-state index is 0.0925. The number of rotatable bonds is 2. The number of nitrogens with one attached hydrogen (secondary N) is 1. The van der Waals surface area contributed by atoms with Gasteiger partial charge in [-0.2, -0.15) is 4.98 Å². The van der Waals surface area contributed by atoms with Crippen molar-refractivity contribution in [3.05, 3.63) is 12.0 Å². The van der Waals surface area contributed by atoms with E-state index in [2.05, 4.69) is 15.3 Å². The van der Waals surface area contributed by atoms with E-state index in [1.807, 2.05) is 0 Å². The van der Waals surface area contributed by atoms with Crippen LogP contribution in [0.5, 0.6) is 0 Å². The Balaban J connectivity index is 2.26. The molecule has 0 saturated carbocycles.